The van der Waals surface area contributed by atoms with Crippen molar-refractivity contribution < 1.29 is 42.1 Å². The minimum atomic E-state index is -4.95. The van der Waals surface area contributed by atoms with E-state index in [0.29, 0.717) is 23.7 Å². The van der Waals surface area contributed by atoms with Crippen LogP contribution in [0, 0.1) is 0 Å². The van der Waals surface area contributed by atoms with Crippen LogP contribution >= 0.6 is 0 Å². The van der Waals surface area contributed by atoms with Gasteiger partial charge in [-0.2, -0.15) is 0 Å². The van der Waals surface area contributed by atoms with Gasteiger partial charge in [-0.3, -0.25) is 14.5 Å². The molecule has 1 aliphatic rings. The lowest BCUT2D eigenvalue weighted by molar-refractivity contribution is -0.274. The molecule has 0 aliphatic carbocycles. The molecule has 7 nitrogen and oxygen atoms in total. The molecule has 1 fully saturated rings. The molecule has 1 saturated heterocycles. The number of methoxy groups -OCH3 is 1. The molecular formula is C28H24F3NO6. The molecule has 3 aromatic rings. The van der Waals surface area contributed by atoms with Crippen LogP contribution in [0.5, 0.6) is 17.2 Å². The number of aliphatic hydroxyl groups excluding tert-OH is 1. The molecule has 0 bridgehead atoms. The number of ether oxygens (including phenoxy) is 3. The highest BCUT2D eigenvalue weighted by molar-refractivity contribution is 6.51. The number of alkyl halides is 3. The molecule has 3 aromatic carbocycles. The Morgan fingerprint density at radius 3 is 2.29 bits per heavy atom. The standard InChI is InChI=1S/C28H24F3NO6/c1-3-14-37-20-12-10-17(11-13-20)25(33)23-24(18-6-4-8-21(15-18)36-2)32(27(35)26(23)34)19-7-5-9-22(16-19)38-28(29,30)31/h4-13,15-16,24,33H,3,14H2,1-2H3/b25-23+. The molecule has 0 saturated carbocycles. The van der Waals surface area contributed by atoms with Gasteiger partial charge in [-0.05, 0) is 60.5 Å². The van der Waals surface area contributed by atoms with Crippen LogP contribution in [0.25, 0.3) is 5.76 Å². The summed E-state index contributed by atoms with van der Waals surface area (Å²) in [6, 6.07) is 16.4. The Morgan fingerprint density at radius 2 is 1.63 bits per heavy atom. The SMILES string of the molecule is CCCOc1ccc(/C(O)=C2\C(=O)C(=O)N(c3cccc(OC(F)(F)F)c3)C2c2cccc(OC)c2)cc1. The summed E-state index contributed by atoms with van der Waals surface area (Å²) >= 11 is 0. The van der Waals surface area contributed by atoms with Gasteiger partial charge in [-0.25, -0.2) is 0 Å². The van der Waals surface area contributed by atoms with Crippen LogP contribution in [-0.4, -0.2) is 36.9 Å². The first-order valence-electron chi connectivity index (χ1n) is 11.7. The van der Waals surface area contributed by atoms with Crippen LogP contribution in [0.2, 0.25) is 0 Å². The lowest BCUT2D eigenvalue weighted by Gasteiger charge is -2.26. The average Bonchev–Trinajstić information content (AvgIpc) is 3.16. The summed E-state index contributed by atoms with van der Waals surface area (Å²) < 4.78 is 53.4. The van der Waals surface area contributed by atoms with Gasteiger partial charge in [-0.1, -0.05) is 25.1 Å². The molecule has 4 rings (SSSR count). The van der Waals surface area contributed by atoms with Crippen LogP contribution < -0.4 is 19.1 Å². The Kier molecular flexibility index (Phi) is 7.61. The Bertz CT molecular complexity index is 1370. The van der Waals surface area contributed by atoms with Crippen molar-refractivity contribution in [3.05, 3.63) is 89.5 Å². The summed E-state index contributed by atoms with van der Waals surface area (Å²) in [5.74, 6) is -2.04. The zero-order valence-corrected chi connectivity index (χ0v) is 20.5. The summed E-state index contributed by atoms with van der Waals surface area (Å²) in [7, 11) is 1.44. The third-order valence-electron chi connectivity index (χ3n) is 5.78. The highest BCUT2D eigenvalue weighted by Gasteiger charge is 2.47. The van der Waals surface area contributed by atoms with Crippen molar-refractivity contribution in [3.63, 3.8) is 0 Å². The van der Waals surface area contributed by atoms with Gasteiger partial charge in [0.05, 0.1) is 25.3 Å². The molecule has 0 aromatic heterocycles. The highest BCUT2D eigenvalue weighted by atomic mass is 19.4. The molecule has 1 atom stereocenters. The van der Waals surface area contributed by atoms with Gasteiger partial charge in [0.15, 0.2) is 0 Å². The molecule has 0 spiro atoms. The van der Waals surface area contributed by atoms with E-state index < -0.39 is 35.6 Å². The predicted molar refractivity (Wildman–Crippen MR) is 133 cm³/mol. The van der Waals surface area contributed by atoms with Gasteiger partial charge >= 0.3 is 6.36 Å². The number of rotatable bonds is 8. The number of aliphatic hydroxyl groups is 1. The summed E-state index contributed by atoms with van der Waals surface area (Å²) in [6.45, 7) is 2.46. The number of ketones is 1. The van der Waals surface area contributed by atoms with Crippen LogP contribution in [-0.2, 0) is 9.59 Å². The first kappa shape index (κ1) is 26.6. The molecule has 1 N–H and O–H groups in total. The normalized spacial score (nSPS) is 17.0. The lowest BCUT2D eigenvalue weighted by atomic mass is 9.95. The van der Waals surface area contributed by atoms with Crippen LogP contribution in [0.4, 0.5) is 18.9 Å². The van der Waals surface area contributed by atoms with E-state index in [1.54, 1.807) is 48.5 Å². The van der Waals surface area contributed by atoms with Crippen molar-refractivity contribution in [1.29, 1.82) is 0 Å². The molecule has 1 amide bonds. The number of carbonyl (C=O) groups is 2. The first-order chi connectivity index (χ1) is 18.1. The highest BCUT2D eigenvalue weighted by Crippen LogP contribution is 2.43. The van der Waals surface area contributed by atoms with Crippen molar-refractivity contribution in [2.45, 2.75) is 25.7 Å². The lowest BCUT2D eigenvalue weighted by Crippen LogP contribution is -2.29. The van der Waals surface area contributed by atoms with E-state index in [4.69, 9.17) is 9.47 Å². The van der Waals surface area contributed by atoms with E-state index in [1.165, 1.54) is 19.2 Å². The summed E-state index contributed by atoms with van der Waals surface area (Å²) in [5, 5.41) is 11.2. The number of halogens is 3. The van der Waals surface area contributed by atoms with Crippen molar-refractivity contribution in [3.8, 4) is 17.2 Å². The van der Waals surface area contributed by atoms with E-state index >= 15 is 0 Å². The number of amides is 1. The number of anilines is 1. The molecule has 10 heteroatoms. The maximum Gasteiger partial charge on any atom is 0.573 e. The van der Waals surface area contributed by atoms with Gasteiger partial charge in [-0.15, -0.1) is 13.2 Å². The Hall–Kier alpha value is -4.47. The Labute approximate surface area is 216 Å². The second kappa shape index (κ2) is 10.9. The van der Waals surface area contributed by atoms with Crippen molar-refractivity contribution in [2.24, 2.45) is 0 Å². The Balaban J connectivity index is 1.85. The topological polar surface area (TPSA) is 85.3 Å². The number of nitrogens with zero attached hydrogens (tertiary/aromatic N) is 1. The minimum absolute atomic E-state index is 0.0240. The summed E-state index contributed by atoms with van der Waals surface area (Å²) in [5.41, 5.74) is 0.403. The second-order valence-corrected chi connectivity index (χ2v) is 8.36. The molecule has 0 radical (unpaired) electrons. The predicted octanol–water partition coefficient (Wildman–Crippen LogP) is 6.01. The fraction of sp³-hybridized carbons (Fsp3) is 0.214. The zero-order chi connectivity index (χ0) is 27.4. The Morgan fingerprint density at radius 1 is 0.947 bits per heavy atom. The molecule has 1 unspecified atom stereocenters. The van der Waals surface area contributed by atoms with Crippen molar-refractivity contribution in [2.75, 3.05) is 18.6 Å². The summed E-state index contributed by atoms with van der Waals surface area (Å²) in [6.07, 6.45) is -4.15. The fourth-order valence-corrected chi connectivity index (χ4v) is 4.14. The van der Waals surface area contributed by atoms with Gasteiger partial charge in [0.1, 0.15) is 23.0 Å². The molecule has 1 aliphatic heterocycles. The third-order valence-corrected chi connectivity index (χ3v) is 5.78. The van der Waals surface area contributed by atoms with Gasteiger partial charge in [0.2, 0.25) is 0 Å². The number of hydrogen-bond acceptors (Lipinski definition) is 6. The molecule has 38 heavy (non-hydrogen) atoms. The first-order valence-corrected chi connectivity index (χ1v) is 11.7. The smallest absolute Gasteiger partial charge is 0.507 e. The molecule has 198 valence electrons. The van der Waals surface area contributed by atoms with Crippen molar-refractivity contribution in [1.82, 2.24) is 0 Å². The average molecular weight is 527 g/mol. The number of benzene rings is 3. The van der Waals surface area contributed by atoms with Gasteiger partial charge < -0.3 is 19.3 Å². The molecule has 1 heterocycles. The maximum atomic E-state index is 13.3. The van der Waals surface area contributed by atoms with Crippen LogP contribution in [0.3, 0.4) is 0 Å². The van der Waals surface area contributed by atoms with E-state index in [2.05, 4.69) is 4.74 Å². The van der Waals surface area contributed by atoms with Gasteiger partial charge in [0, 0.05) is 17.3 Å². The van der Waals surface area contributed by atoms with E-state index in [0.717, 1.165) is 23.5 Å². The monoisotopic (exact) mass is 527 g/mol. The van der Waals surface area contributed by atoms with Crippen LogP contribution in [0.15, 0.2) is 78.4 Å². The second-order valence-electron chi connectivity index (χ2n) is 8.36. The van der Waals surface area contributed by atoms with Crippen molar-refractivity contribution >= 4 is 23.1 Å². The summed E-state index contributed by atoms with van der Waals surface area (Å²) in [4.78, 5) is 27.6. The number of hydrogen-bond donors (Lipinski definition) is 1. The number of carbonyl (C=O) groups excluding carboxylic acids is 2. The third kappa shape index (κ3) is 5.59. The quantitative estimate of drug-likeness (QED) is 0.220. The number of Topliss-reactive ketones (excluding diaryl/α,β-unsaturated/α-hetero) is 1. The fourth-order valence-electron chi connectivity index (χ4n) is 4.14. The minimum Gasteiger partial charge on any atom is -0.507 e. The van der Waals surface area contributed by atoms with E-state index in [1.807, 2.05) is 6.92 Å². The van der Waals surface area contributed by atoms with Crippen LogP contribution in [0.1, 0.15) is 30.5 Å². The molecular weight excluding hydrogens is 503 g/mol. The van der Waals surface area contributed by atoms with E-state index in [-0.39, 0.29) is 16.8 Å². The zero-order valence-electron chi connectivity index (χ0n) is 20.5. The largest absolute Gasteiger partial charge is 0.573 e. The maximum absolute atomic E-state index is 13.3. The van der Waals surface area contributed by atoms with Gasteiger partial charge in [0.25, 0.3) is 11.7 Å². The van der Waals surface area contributed by atoms with E-state index in [9.17, 15) is 27.9 Å².